The van der Waals surface area contributed by atoms with Crippen molar-refractivity contribution in [1.29, 1.82) is 0 Å². The summed E-state index contributed by atoms with van der Waals surface area (Å²) < 4.78 is 0. The molecule has 0 unspecified atom stereocenters. The SMILES string of the molecule is Oc1ccc(CCNC(=S)Nc2ccccn2)cc1CN(Cc1ccccn1)Cc1ccccn1. The molecule has 3 heterocycles. The van der Waals surface area contributed by atoms with Gasteiger partial charge in [0.1, 0.15) is 11.6 Å². The minimum Gasteiger partial charge on any atom is -0.508 e. The predicted octanol–water partition coefficient (Wildman–Crippen LogP) is 4.31. The van der Waals surface area contributed by atoms with Gasteiger partial charge in [-0.3, -0.25) is 14.9 Å². The number of anilines is 1. The van der Waals surface area contributed by atoms with Crippen LogP contribution < -0.4 is 10.6 Å². The molecule has 0 atom stereocenters. The van der Waals surface area contributed by atoms with Gasteiger partial charge in [0.05, 0.1) is 11.4 Å². The van der Waals surface area contributed by atoms with E-state index >= 15 is 0 Å². The lowest BCUT2D eigenvalue weighted by molar-refractivity contribution is 0.238. The van der Waals surface area contributed by atoms with Gasteiger partial charge in [-0.05, 0) is 66.7 Å². The Hall–Kier alpha value is -3.88. The number of hydrogen-bond acceptors (Lipinski definition) is 6. The van der Waals surface area contributed by atoms with E-state index in [1.807, 2.05) is 60.7 Å². The van der Waals surface area contributed by atoms with Crippen molar-refractivity contribution in [2.45, 2.75) is 26.1 Å². The lowest BCUT2D eigenvalue weighted by atomic mass is 10.1. The summed E-state index contributed by atoms with van der Waals surface area (Å²) in [5.41, 5.74) is 3.92. The van der Waals surface area contributed by atoms with Gasteiger partial charge >= 0.3 is 0 Å². The topological polar surface area (TPSA) is 86.2 Å². The molecule has 0 amide bonds. The van der Waals surface area contributed by atoms with Crippen molar-refractivity contribution in [1.82, 2.24) is 25.2 Å². The van der Waals surface area contributed by atoms with Crippen molar-refractivity contribution in [3.8, 4) is 5.75 Å². The van der Waals surface area contributed by atoms with Crippen molar-refractivity contribution in [2.75, 3.05) is 11.9 Å². The fourth-order valence-corrected chi connectivity index (χ4v) is 3.90. The molecule has 8 heteroatoms. The molecule has 4 rings (SSSR count). The van der Waals surface area contributed by atoms with E-state index in [1.54, 1.807) is 24.7 Å². The summed E-state index contributed by atoms with van der Waals surface area (Å²) in [5.74, 6) is 0.985. The molecule has 0 aliphatic heterocycles. The molecule has 0 spiro atoms. The van der Waals surface area contributed by atoms with Crippen LogP contribution in [-0.4, -0.2) is 36.6 Å². The monoisotopic (exact) mass is 484 g/mol. The third-order valence-corrected chi connectivity index (χ3v) is 5.61. The average Bonchev–Trinajstić information content (AvgIpc) is 2.88. The smallest absolute Gasteiger partial charge is 0.171 e. The fourth-order valence-electron chi connectivity index (χ4n) is 3.69. The van der Waals surface area contributed by atoms with Gasteiger partial charge in [-0.1, -0.05) is 30.3 Å². The molecular formula is C27H28N6OS. The van der Waals surface area contributed by atoms with E-state index in [2.05, 4.69) is 36.6 Å². The summed E-state index contributed by atoms with van der Waals surface area (Å²) >= 11 is 5.36. The van der Waals surface area contributed by atoms with Crippen LogP contribution in [0.25, 0.3) is 0 Å². The second kappa shape index (κ2) is 12.5. The Balaban J connectivity index is 1.39. The van der Waals surface area contributed by atoms with E-state index in [0.717, 1.165) is 28.9 Å². The molecule has 0 saturated heterocycles. The quantitative estimate of drug-likeness (QED) is 0.287. The van der Waals surface area contributed by atoms with Crippen LogP contribution in [-0.2, 0) is 26.1 Å². The Morgan fingerprint density at radius 3 is 2.06 bits per heavy atom. The lowest BCUT2D eigenvalue weighted by Gasteiger charge is -2.22. The average molecular weight is 485 g/mol. The summed E-state index contributed by atoms with van der Waals surface area (Å²) in [5, 5.41) is 17.4. The van der Waals surface area contributed by atoms with Crippen LogP contribution in [0, 0.1) is 0 Å². The number of phenolic OH excluding ortho intramolecular Hbond substituents is 1. The molecule has 178 valence electrons. The van der Waals surface area contributed by atoms with Gasteiger partial charge in [0.2, 0.25) is 0 Å². The first kappa shape index (κ1) is 24.3. The molecular weight excluding hydrogens is 456 g/mol. The zero-order valence-electron chi connectivity index (χ0n) is 19.3. The van der Waals surface area contributed by atoms with Crippen LogP contribution in [0.5, 0.6) is 5.75 Å². The number of pyridine rings is 3. The Bertz CT molecular complexity index is 1170. The first-order valence-corrected chi connectivity index (χ1v) is 11.9. The highest BCUT2D eigenvalue weighted by Crippen LogP contribution is 2.22. The zero-order chi connectivity index (χ0) is 24.3. The molecule has 0 saturated carbocycles. The molecule has 0 aliphatic rings. The van der Waals surface area contributed by atoms with E-state index < -0.39 is 0 Å². The molecule has 3 aromatic heterocycles. The van der Waals surface area contributed by atoms with Crippen molar-refractivity contribution in [3.63, 3.8) is 0 Å². The van der Waals surface area contributed by atoms with Gasteiger partial charge in [0.15, 0.2) is 5.11 Å². The first-order valence-electron chi connectivity index (χ1n) is 11.4. The molecule has 4 aromatic rings. The van der Waals surface area contributed by atoms with Crippen LogP contribution >= 0.6 is 12.2 Å². The number of nitrogens with one attached hydrogen (secondary N) is 2. The van der Waals surface area contributed by atoms with E-state index in [4.69, 9.17) is 12.2 Å². The van der Waals surface area contributed by atoms with E-state index in [1.165, 1.54) is 0 Å². The third-order valence-electron chi connectivity index (χ3n) is 5.37. The first-order chi connectivity index (χ1) is 17.2. The van der Waals surface area contributed by atoms with Crippen LogP contribution in [0.4, 0.5) is 5.82 Å². The maximum atomic E-state index is 10.6. The number of aromatic hydroxyl groups is 1. The highest BCUT2D eigenvalue weighted by molar-refractivity contribution is 7.80. The van der Waals surface area contributed by atoms with Crippen molar-refractivity contribution in [3.05, 3.63) is 114 Å². The molecule has 3 N–H and O–H groups in total. The van der Waals surface area contributed by atoms with Gasteiger partial charge in [0, 0.05) is 50.3 Å². The minimum atomic E-state index is 0.279. The second-order valence-corrected chi connectivity index (χ2v) is 8.50. The predicted molar refractivity (Wildman–Crippen MR) is 142 cm³/mol. The zero-order valence-corrected chi connectivity index (χ0v) is 20.2. The number of rotatable bonds is 10. The van der Waals surface area contributed by atoms with Crippen molar-refractivity contribution in [2.24, 2.45) is 0 Å². The number of aromatic nitrogens is 3. The summed E-state index contributed by atoms with van der Waals surface area (Å²) in [4.78, 5) is 15.4. The summed E-state index contributed by atoms with van der Waals surface area (Å²) in [6.45, 7) is 2.53. The highest BCUT2D eigenvalue weighted by Gasteiger charge is 2.13. The number of nitrogens with zero attached hydrogens (tertiary/aromatic N) is 4. The highest BCUT2D eigenvalue weighted by atomic mass is 32.1. The Morgan fingerprint density at radius 2 is 1.46 bits per heavy atom. The van der Waals surface area contributed by atoms with Gasteiger partial charge in [-0.2, -0.15) is 0 Å². The molecule has 0 aliphatic carbocycles. The number of benzene rings is 1. The largest absolute Gasteiger partial charge is 0.508 e. The molecule has 1 aromatic carbocycles. The third kappa shape index (κ3) is 7.84. The van der Waals surface area contributed by atoms with Gasteiger partial charge in [0.25, 0.3) is 0 Å². The van der Waals surface area contributed by atoms with Gasteiger partial charge < -0.3 is 15.7 Å². The Kier molecular flexibility index (Phi) is 8.69. The number of phenols is 1. The molecule has 0 radical (unpaired) electrons. The van der Waals surface area contributed by atoms with Crippen LogP contribution in [0.2, 0.25) is 0 Å². The standard InChI is InChI=1S/C27H28N6OS/c34-25-11-10-21(12-16-31-27(35)32-26-9-3-6-15-30-26)17-22(25)18-33(19-23-7-1-4-13-28-23)20-24-8-2-5-14-29-24/h1-11,13-15,17,34H,12,16,18-20H2,(H2,30,31,32,35). The number of hydrogen-bond donors (Lipinski definition) is 3. The summed E-state index contributed by atoms with van der Waals surface area (Å²) in [6, 6.07) is 23.2. The maximum Gasteiger partial charge on any atom is 0.171 e. The van der Waals surface area contributed by atoms with E-state index in [0.29, 0.717) is 37.1 Å². The van der Waals surface area contributed by atoms with Crippen molar-refractivity contribution >= 4 is 23.1 Å². The fraction of sp³-hybridized carbons (Fsp3) is 0.185. The lowest BCUT2D eigenvalue weighted by Crippen LogP contribution is -2.30. The van der Waals surface area contributed by atoms with Gasteiger partial charge in [-0.15, -0.1) is 0 Å². The maximum absolute atomic E-state index is 10.6. The van der Waals surface area contributed by atoms with E-state index in [9.17, 15) is 5.11 Å². The summed E-state index contributed by atoms with van der Waals surface area (Å²) in [6.07, 6.45) is 6.07. The van der Waals surface area contributed by atoms with Crippen molar-refractivity contribution < 1.29 is 5.11 Å². The van der Waals surface area contributed by atoms with Gasteiger partial charge in [-0.25, -0.2) is 4.98 Å². The Labute approximate surface area is 210 Å². The van der Waals surface area contributed by atoms with Crippen LogP contribution in [0.1, 0.15) is 22.5 Å². The minimum absolute atomic E-state index is 0.279. The summed E-state index contributed by atoms with van der Waals surface area (Å²) in [7, 11) is 0. The molecule has 35 heavy (non-hydrogen) atoms. The second-order valence-electron chi connectivity index (χ2n) is 8.10. The van der Waals surface area contributed by atoms with Crippen LogP contribution in [0.3, 0.4) is 0 Å². The molecule has 7 nitrogen and oxygen atoms in total. The Morgan fingerprint density at radius 1 is 0.800 bits per heavy atom. The van der Waals surface area contributed by atoms with E-state index in [-0.39, 0.29) is 5.75 Å². The number of thiocarbonyl (C=S) groups is 1. The van der Waals surface area contributed by atoms with Crippen LogP contribution in [0.15, 0.2) is 91.4 Å². The normalized spacial score (nSPS) is 10.8. The molecule has 0 bridgehead atoms. The molecule has 0 fully saturated rings.